The molecule has 0 unspecified atom stereocenters. The fourth-order valence-electron chi connectivity index (χ4n) is 15.5. The Kier molecular flexibility index (Phi) is 9.93. The van der Waals surface area contributed by atoms with Gasteiger partial charge in [0, 0.05) is 42.5 Å². The number of nitrogens with zero attached hydrogens (tertiary/aromatic N) is 1. The maximum absolute atomic E-state index is 2.70. The molecule has 0 saturated heterocycles. The zero-order valence-electron chi connectivity index (χ0n) is 40.9. The minimum atomic E-state index is -0.506. The Morgan fingerprint density at radius 3 is 1.59 bits per heavy atom. The van der Waals surface area contributed by atoms with E-state index >= 15 is 0 Å². The molecule has 4 saturated carbocycles. The van der Waals surface area contributed by atoms with Gasteiger partial charge in [-0.15, -0.1) is 11.3 Å². The summed E-state index contributed by atoms with van der Waals surface area (Å²) in [6.45, 7) is 0. The Morgan fingerprint density at radius 2 is 0.877 bits per heavy atom. The summed E-state index contributed by atoms with van der Waals surface area (Å²) in [6.07, 6.45) is 6.68. The molecule has 1 nitrogen and oxygen atoms in total. The van der Waals surface area contributed by atoms with Gasteiger partial charge in [-0.25, -0.2) is 0 Å². The highest BCUT2D eigenvalue weighted by atomic mass is 32.1. The Balaban J connectivity index is 0.966. The van der Waals surface area contributed by atoms with E-state index in [1.54, 1.807) is 5.56 Å². The molecule has 1 heterocycles. The molecule has 10 aromatic carbocycles. The zero-order chi connectivity index (χ0) is 48.1. The van der Waals surface area contributed by atoms with Crippen molar-refractivity contribution in [2.75, 3.05) is 4.90 Å². The number of benzene rings is 10. The number of fused-ring (bicyclic) bond motifs is 5. The molecular weight excluding hydrogens is 899 g/mol. The molecule has 5 aliphatic carbocycles. The second-order valence-electron chi connectivity index (χ2n) is 21.5. The van der Waals surface area contributed by atoms with E-state index in [-0.39, 0.29) is 5.41 Å². The maximum atomic E-state index is 2.70. The summed E-state index contributed by atoms with van der Waals surface area (Å²) in [7, 11) is 0. The molecule has 73 heavy (non-hydrogen) atoms. The van der Waals surface area contributed by atoms with Crippen LogP contribution in [0.1, 0.15) is 65.5 Å². The van der Waals surface area contributed by atoms with Gasteiger partial charge in [0.1, 0.15) is 0 Å². The van der Waals surface area contributed by atoms with Gasteiger partial charge in [-0.05, 0) is 159 Å². The standard InChI is InChI=1S/C71H55NS/c1-4-19-49(20-5-1)58-26-12-16-32-66(58)72(55-37-35-50(36-38-55)57-25-10-11-27-59(57)60-29-18-34-68-69(60)61-28-13-17-33-67(61)73-68)56-39-40-64-65(46-56)71(53-42-47-41-48(44-53)45-54(71)43-47)63-31-15-14-30-62(63)70(64,51-21-6-2-7-22-51)52-23-8-3-9-24-52/h1-40,46-48,53-54H,41-45H2. The third-order valence-electron chi connectivity index (χ3n) is 18.0. The summed E-state index contributed by atoms with van der Waals surface area (Å²) in [6, 6.07) is 94.6. The van der Waals surface area contributed by atoms with Crippen molar-refractivity contribution in [3.63, 3.8) is 0 Å². The number of hydrogen-bond donors (Lipinski definition) is 0. The lowest BCUT2D eigenvalue weighted by atomic mass is 9.38. The number of para-hydroxylation sites is 1. The number of anilines is 3. The van der Waals surface area contributed by atoms with Gasteiger partial charge < -0.3 is 4.90 Å². The first-order valence-corrected chi connectivity index (χ1v) is 27.4. The first-order valence-electron chi connectivity index (χ1n) is 26.6. The van der Waals surface area contributed by atoms with Crippen molar-refractivity contribution in [3.05, 3.63) is 282 Å². The highest BCUT2D eigenvalue weighted by Gasteiger charge is 2.63. The van der Waals surface area contributed by atoms with Gasteiger partial charge in [0.15, 0.2) is 0 Å². The largest absolute Gasteiger partial charge is 0.310 e. The van der Waals surface area contributed by atoms with Gasteiger partial charge in [0.2, 0.25) is 0 Å². The SMILES string of the molecule is c1ccc(-c2ccccc2N(c2ccc(-c3ccccc3-c3cccc4sc5ccccc5c34)cc2)c2ccc3c(c2)C2(c4ccccc4C3(c3ccccc3)c3ccccc3)C3CC4CC(C3)CC2C4)cc1. The van der Waals surface area contributed by atoms with Crippen LogP contribution in [0.2, 0.25) is 0 Å². The van der Waals surface area contributed by atoms with Crippen LogP contribution in [0.25, 0.3) is 53.6 Å². The Hall–Kier alpha value is -7.78. The van der Waals surface area contributed by atoms with Gasteiger partial charge in [0.25, 0.3) is 0 Å². The minimum absolute atomic E-state index is 0.1000. The van der Waals surface area contributed by atoms with Crippen LogP contribution in [0.4, 0.5) is 17.1 Å². The lowest BCUT2D eigenvalue weighted by molar-refractivity contribution is -0.0440. The second kappa shape index (κ2) is 16.9. The monoisotopic (exact) mass is 953 g/mol. The quantitative estimate of drug-likeness (QED) is 0.147. The van der Waals surface area contributed by atoms with Crippen LogP contribution in [-0.4, -0.2) is 0 Å². The van der Waals surface area contributed by atoms with E-state index in [1.807, 2.05) is 11.3 Å². The summed E-state index contributed by atoms with van der Waals surface area (Å²) in [5, 5.41) is 2.66. The average Bonchev–Trinajstić information content (AvgIpc) is 3.85. The van der Waals surface area contributed by atoms with E-state index in [0.29, 0.717) is 11.8 Å². The topological polar surface area (TPSA) is 3.24 Å². The van der Waals surface area contributed by atoms with Crippen molar-refractivity contribution in [1.29, 1.82) is 0 Å². The molecule has 0 atom stereocenters. The molecule has 350 valence electrons. The number of rotatable bonds is 8. The third kappa shape index (κ3) is 6.39. The minimum Gasteiger partial charge on any atom is -0.310 e. The molecule has 2 heteroatoms. The van der Waals surface area contributed by atoms with E-state index < -0.39 is 5.41 Å². The fraction of sp³-hybridized carbons (Fsp3) is 0.155. The van der Waals surface area contributed by atoms with Crippen molar-refractivity contribution >= 4 is 48.6 Å². The van der Waals surface area contributed by atoms with E-state index in [2.05, 4.69) is 254 Å². The maximum Gasteiger partial charge on any atom is 0.0707 e. The summed E-state index contributed by atoms with van der Waals surface area (Å²) in [5.74, 6) is 2.84. The van der Waals surface area contributed by atoms with Crippen molar-refractivity contribution in [2.45, 2.75) is 42.9 Å². The summed E-state index contributed by atoms with van der Waals surface area (Å²) in [5.41, 5.74) is 19.0. The van der Waals surface area contributed by atoms with E-state index in [9.17, 15) is 0 Å². The molecule has 11 aromatic rings. The van der Waals surface area contributed by atoms with Gasteiger partial charge >= 0.3 is 0 Å². The van der Waals surface area contributed by atoms with Gasteiger partial charge in [-0.3, -0.25) is 0 Å². The van der Waals surface area contributed by atoms with Crippen LogP contribution >= 0.6 is 11.3 Å². The molecule has 5 aliphatic rings. The van der Waals surface area contributed by atoms with Crippen molar-refractivity contribution in [1.82, 2.24) is 0 Å². The summed E-state index contributed by atoms with van der Waals surface area (Å²) < 4.78 is 2.65. The normalized spacial score (nSPS) is 21.0. The molecule has 4 fully saturated rings. The third-order valence-corrected chi connectivity index (χ3v) is 19.1. The van der Waals surface area contributed by atoms with Crippen LogP contribution in [0.5, 0.6) is 0 Å². The Morgan fingerprint density at radius 1 is 0.356 bits per heavy atom. The van der Waals surface area contributed by atoms with Crippen LogP contribution in [0.15, 0.2) is 249 Å². The Labute approximate surface area is 433 Å². The predicted molar refractivity (Wildman–Crippen MR) is 306 cm³/mol. The van der Waals surface area contributed by atoms with Crippen molar-refractivity contribution in [2.24, 2.45) is 23.7 Å². The number of thiophene rings is 1. The van der Waals surface area contributed by atoms with Crippen molar-refractivity contribution in [3.8, 4) is 33.4 Å². The summed E-state index contributed by atoms with van der Waals surface area (Å²) >= 11 is 1.88. The molecule has 1 aromatic heterocycles. The molecule has 1 spiro atoms. The lowest BCUT2D eigenvalue weighted by Crippen LogP contribution is -2.59. The first kappa shape index (κ1) is 42.9. The fourth-order valence-corrected chi connectivity index (χ4v) is 16.6. The van der Waals surface area contributed by atoms with Crippen LogP contribution in [0, 0.1) is 23.7 Å². The number of hydrogen-bond acceptors (Lipinski definition) is 2. The predicted octanol–water partition coefficient (Wildman–Crippen LogP) is 19.0. The van der Waals surface area contributed by atoms with Gasteiger partial charge in [-0.1, -0.05) is 206 Å². The van der Waals surface area contributed by atoms with Crippen LogP contribution in [-0.2, 0) is 10.8 Å². The highest BCUT2D eigenvalue weighted by Crippen LogP contribution is 2.70. The van der Waals surface area contributed by atoms with E-state index in [4.69, 9.17) is 0 Å². The van der Waals surface area contributed by atoms with E-state index in [0.717, 1.165) is 17.5 Å². The van der Waals surface area contributed by atoms with Crippen molar-refractivity contribution < 1.29 is 0 Å². The molecule has 0 amide bonds. The van der Waals surface area contributed by atoms with Crippen LogP contribution in [0.3, 0.4) is 0 Å². The zero-order valence-corrected chi connectivity index (χ0v) is 41.7. The summed E-state index contributed by atoms with van der Waals surface area (Å²) in [4.78, 5) is 2.58. The lowest BCUT2D eigenvalue weighted by Gasteiger charge is -2.65. The second-order valence-corrected chi connectivity index (χ2v) is 22.6. The van der Waals surface area contributed by atoms with E-state index in [1.165, 1.54) is 125 Å². The van der Waals surface area contributed by atoms with Gasteiger partial charge in [-0.2, -0.15) is 0 Å². The van der Waals surface area contributed by atoms with Gasteiger partial charge in [0.05, 0.1) is 11.1 Å². The molecule has 0 N–H and O–H groups in total. The first-order chi connectivity index (χ1) is 36.2. The Bertz CT molecular complexity index is 3800. The average molecular weight is 954 g/mol. The molecular formula is C71H55NS. The molecule has 0 aliphatic heterocycles. The molecule has 4 bridgehead atoms. The molecule has 16 rings (SSSR count). The smallest absolute Gasteiger partial charge is 0.0707 e. The van der Waals surface area contributed by atoms with Crippen LogP contribution < -0.4 is 4.90 Å². The molecule has 0 radical (unpaired) electrons. The highest BCUT2D eigenvalue weighted by molar-refractivity contribution is 7.25.